The minimum atomic E-state index is -0.116. The van der Waals surface area contributed by atoms with E-state index >= 15 is 0 Å². The second kappa shape index (κ2) is 4.18. The number of hydrogen-bond acceptors (Lipinski definition) is 2. The lowest BCUT2D eigenvalue weighted by Crippen LogP contribution is -2.18. The zero-order valence-corrected chi connectivity index (χ0v) is 10.7. The fraction of sp³-hybridized carbons (Fsp3) is 0.571. The predicted octanol–water partition coefficient (Wildman–Crippen LogP) is 3.61. The molecule has 0 aromatic heterocycles. The van der Waals surface area contributed by atoms with Crippen molar-refractivity contribution < 1.29 is 4.74 Å². The summed E-state index contributed by atoms with van der Waals surface area (Å²) in [6, 6.07) is 6.00. The molecule has 2 nitrogen and oxygen atoms in total. The van der Waals surface area contributed by atoms with Crippen LogP contribution >= 0.6 is 11.6 Å². The molecule has 0 unspecified atom stereocenters. The predicted molar refractivity (Wildman–Crippen MR) is 69.4 cm³/mol. The minimum absolute atomic E-state index is 0.116. The highest BCUT2D eigenvalue weighted by Gasteiger charge is 2.40. The molecule has 0 atom stereocenters. The summed E-state index contributed by atoms with van der Waals surface area (Å²) in [5.41, 5.74) is 7.18. The molecule has 0 aliphatic heterocycles. The van der Waals surface area contributed by atoms with Crippen molar-refractivity contribution in [1.29, 1.82) is 0 Å². The van der Waals surface area contributed by atoms with Crippen LogP contribution in [0.5, 0.6) is 5.75 Å². The molecule has 0 amide bonds. The number of hydrogen-bond donors (Lipinski definition) is 1. The molecule has 3 heteroatoms. The standard InChI is InChI=1S/C14H18ClNO/c15-12-9-10(14(16)7-8-14)5-6-13(12)17-11-3-1-2-4-11/h5-6,9,11H,1-4,7-8,16H2. The summed E-state index contributed by atoms with van der Waals surface area (Å²) in [6.07, 6.45) is 7.32. The summed E-state index contributed by atoms with van der Waals surface area (Å²) in [7, 11) is 0. The van der Waals surface area contributed by atoms with Gasteiger partial charge in [0.15, 0.2) is 0 Å². The second-order valence-corrected chi connectivity index (χ2v) is 5.73. The first-order valence-corrected chi connectivity index (χ1v) is 6.81. The molecule has 3 rings (SSSR count). The maximum absolute atomic E-state index is 6.26. The van der Waals surface area contributed by atoms with Gasteiger partial charge in [-0.1, -0.05) is 17.7 Å². The van der Waals surface area contributed by atoms with E-state index in [0.717, 1.165) is 37.0 Å². The van der Waals surface area contributed by atoms with Gasteiger partial charge in [0, 0.05) is 5.54 Å². The highest BCUT2D eigenvalue weighted by Crippen LogP contribution is 2.44. The van der Waals surface area contributed by atoms with E-state index < -0.39 is 0 Å². The maximum atomic E-state index is 6.26. The summed E-state index contributed by atoms with van der Waals surface area (Å²) >= 11 is 6.26. The first-order valence-electron chi connectivity index (χ1n) is 6.43. The van der Waals surface area contributed by atoms with Gasteiger partial charge in [0.25, 0.3) is 0 Å². The molecular formula is C14H18ClNO. The van der Waals surface area contributed by atoms with Crippen molar-refractivity contribution in [1.82, 2.24) is 0 Å². The molecule has 0 radical (unpaired) electrons. The molecule has 0 spiro atoms. The molecule has 0 heterocycles. The van der Waals surface area contributed by atoms with E-state index in [-0.39, 0.29) is 5.54 Å². The molecule has 2 N–H and O–H groups in total. The Balaban J connectivity index is 1.76. The third-order valence-electron chi connectivity index (χ3n) is 3.89. The minimum Gasteiger partial charge on any atom is -0.489 e. The van der Waals surface area contributed by atoms with E-state index in [0.29, 0.717) is 11.1 Å². The van der Waals surface area contributed by atoms with Gasteiger partial charge < -0.3 is 10.5 Å². The van der Waals surface area contributed by atoms with Gasteiger partial charge in [0.2, 0.25) is 0 Å². The Bertz CT molecular complexity index is 422. The fourth-order valence-corrected chi connectivity index (χ4v) is 2.74. The Morgan fingerprint density at radius 2 is 1.94 bits per heavy atom. The van der Waals surface area contributed by atoms with E-state index in [1.807, 2.05) is 12.1 Å². The van der Waals surface area contributed by atoms with Crippen LogP contribution in [0.2, 0.25) is 5.02 Å². The lowest BCUT2D eigenvalue weighted by molar-refractivity contribution is 0.210. The fourth-order valence-electron chi connectivity index (χ4n) is 2.52. The largest absolute Gasteiger partial charge is 0.489 e. The summed E-state index contributed by atoms with van der Waals surface area (Å²) in [4.78, 5) is 0. The van der Waals surface area contributed by atoms with Gasteiger partial charge in [-0.2, -0.15) is 0 Å². The smallest absolute Gasteiger partial charge is 0.138 e. The van der Waals surface area contributed by atoms with E-state index in [1.165, 1.54) is 12.8 Å². The molecule has 2 aliphatic carbocycles. The van der Waals surface area contributed by atoms with Gasteiger partial charge in [-0.3, -0.25) is 0 Å². The lowest BCUT2D eigenvalue weighted by atomic mass is 10.1. The molecule has 0 bridgehead atoms. The molecule has 17 heavy (non-hydrogen) atoms. The van der Waals surface area contributed by atoms with Crippen LogP contribution in [-0.2, 0) is 5.54 Å². The van der Waals surface area contributed by atoms with Crippen LogP contribution in [0.4, 0.5) is 0 Å². The topological polar surface area (TPSA) is 35.2 Å². The summed E-state index contributed by atoms with van der Waals surface area (Å²) in [6.45, 7) is 0. The molecule has 0 saturated heterocycles. The third-order valence-corrected chi connectivity index (χ3v) is 4.19. The van der Waals surface area contributed by atoms with E-state index in [2.05, 4.69) is 6.07 Å². The maximum Gasteiger partial charge on any atom is 0.138 e. The van der Waals surface area contributed by atoms with Crippen molar-refractivity contribution >= 4 is 11.6 Å². The van der Waals surface area contributed by atoms with Crippen LogP contribution in [0.3, 0.4) is 0 Å². The van der Waals surface area contributed by atoms with E-state index in [4.69, 9.17) is 22.1 Å². The number of rotatable bonds is 3. The van der Waals surface area contributed by atoms with Crippen LogP contribution in [-0.4, -0.2) is 6.10 Å². The van der Waals surface area contributed by atoms with E-state index in [1.54, 1.807) is 0 Å². The van der Waals surface area contributed by atoms with Gasteiger partial charge in [0.1, 0.15) is 5.75 Å². The Morgan fingerprint density at radius 1 is 1.24 bits per heavy atom. The van der Waals surface area contributed by atoms with Gasteiger partial charge in [-0.25, -0.2) is 0 Å². The third kappa shape index (κ3) is 2.29. The van der Waals surface area contributed by atoms with Crippen LogP contribution in [0.15, 0.2) is 18.2 Å². The highest BCUT2D eigenvalue weighted by atomic mass is 35.5. The van der Waals surface area contributed by atoms with Crippen molar-refractivity contribution in [3.8, 4) is 5.75 Å². The van der Waals surface area contributed by atoms with Crippen molar-refractivity contribution in [2.24, 2.45) is 5.73 Å². The normalized spacial score (nSPS) is 22.7. The van der Waals surface area contributed by atoms with Crippen molar-refractivity contribution in [3.63, 3.8) is 0 Å². The van der Waals surface area contributed by atoms with Crippen LogP contribution < -0.4 is 10.5 Å². The summed E-state index contributed by atoms with van der Waals surface area (Å²) < 4.78 is 5.92. The molecule has 92 valence electrons. The van der Waals surface area contributed by atoms with Gasteiger partial charge in [0.05, 0.1) is 11.1 Å². The Hall–Kier alpha value is -0.730. The average molecular weight is 252 g/mol. The molecule has 1 aromatic carbocycles. The van der Waals surface area contributed by atoms with Gasteiger partial charge >= 0.3 is 0 Å². The number of nitrogens with two attached hydrogens (primary N) is 1. The quantitative estimate of drug-likeness (QED) is 0.891. The molecule has 1 aromatic rings. The molecule has 2 saturated carbocycles. The van der Waals surface area contributed by atoms with Gasteiger partial charge in [-0.05, 0) is 56.2 Å². The summed E-state index contributed by atoms with van der Waals surface area (Å²) in [5, 5.41) is 0.700. The number of halogens is 1. The first kappa shape index (κ1) is 11.4. The molecular weight excluding hydrogens is 234 g/mol. The SMILES string of the molecule is NC1(c2ccc(OC3CCCC3)c(Cl)c2)CC1. The highest BCUT2D eigenvalue weighted by molar-refractivity contribution is 6.32. The Labute approximate surface area is 107 Å². The number of ether oxygens (including phenoxy) is 1. The van der Waals surface area contributed by atoms with Crippen LogP contribution in [0.1, 0.15) is 44.1 Å². The van der Waals surface area contributed by atoms with Gasteiger partial charge in [-0.15, -0.1) is 0 Å². The second-order valence-electron chi connectivity index (χ2n) is 5.33. The van der Waals surface area contributed by atoms with Crippen molar-refractivity contribution in [3.05, 3.63) is 28.8 Å². The average Bonchev–Trinajstić information content (AvgIpc) is 2.87. The Morgan fingerprint density at radius 3 is 2.53 bits per heavy atom. The van der Waals surface area contributed by atoms with Crippen LogP contribution in [0, 0.1) is 0 Å². The number of benzene rings is 1. The summed E-state index contributed by atoms with van der Waals surface area (Å²) in [5.74, 6) is 0.812. The Kier molecular flexibility index (Phi) is 2.80. The monoisotopic (exact) mass is 251 g/mol. The lowest BCUT2D eigenvalue weighted by Gasteiger charge is -2.16. The first-order chi connectivity index (χ1) is 8.17. The van der Waals surface area contributed by atoms with Crippen LogP contribution in [0.25, 0.3) is 0 Å². The zero-order valence-electron chi connectivity index (χ0n) is 9.92. The van der Waals surface area contributed by atoms with Crippen molar-refractivity contribution in [2.75, 3.05) is 0 Å². The zero-order chi connectivity index (χ0) is 11.9. The van der Waals surface area contributed by atoms with E-state index in [9.17, 15) is 0 Å². The molecule has 2 aliphatic rings. The van der Waals surface area contributed by atoms with Crippen molar-refractivity contribution in [2.45, 2.75) is 50.2 Å². The molecule has 2 fully saturated rings.